The molecule has 0 spiro atoms. The number of hydrogen-bond donors (Lipinski definition) is 0. The Bertz CT molecular complexity index is 306. The first kappa shape index (κ1) is 8.76. The largest absolute Gasteiger partial charge is 0.0806 e. The van der Waals surface area contributed by atoms with Crippen molar-refractivity contribution in [3.8, 4) is 0 Å². The maximum atomic E-state index is 2.30. The van der Waals surface area contributed by atoms with E-state index < -0.39 is 0 Å². The average molecular weight is 188 g/mol. The normalized spacial score (nSPS) is 21.1. The quantitative estimate of drug-likeness (QED) is 0.584. The summed E-state index contributed by atoms with van der Waals surface area (Å²) in [4.78, 5) is 0. The van der Waals surface area contributed by atoms with E-state index in [-0.39, 0.29) is 9.52 Å². The van der Waals surface area contributed by atoms with Crippen molar-refractivity contribution in [2.24, 2.45) is 0 Å². The second-order valence-electron chi connectivity index (χ2n) is 3.96. The summed E-state index contributed by atoms with van der Waals surface area (Å²) in [6.45, 7) is 4.51. The summed E-state index contributed by atoms with van der Waals surface area (Å²) in [5, 5.41) is 3.50. The lowest BCUT2D eigenvalue weighted by molar-refractivity contribution is 1.32. The van der Waals surface area contributed by atoms with Crippen LogP contribution in [0.2, 0.25) is 0 Å². The molecule has 0 aliphatic heterocycles. The fourth-order valence-corrected chi connectivity index (χ4v) is 3.92. The van der Waals surface area contributed by atoms with Gasteiger partial charge in [-0.15, -0.1) is 0 Å². The predicted octanol–water partition coefficient (Wildman–Crippen LogP) is 2.62. The fraction of sp³-hybridized carbons (Fsp3) is 0.333. The summed E-state index contributed by atoms with van der Waals surface area (Å²) in [6, 6.07) is 0. The number of allylic oxidation sites excluding steroid dienone is 8. The highest BCUT2D eigenvalue weighted by molar-refractivity contribution is 6.54. The Balaban J connectivity index is 2.08. The maximum absolute atomic E-state index is 2.30. The SMILES string of the molecule is CC1=C([SiH2]C2=C(C)C=CC2)CC=C1. The minimum Gasteiger partial charge on any atom is -0.0806 e. The standard InChI is InChI=1S/C12H16Si/c1-9-5-3-7-11(9)13-12-8-4-6-10(12)2/h3-6H,7-8,13H2,1-2H3. The number of hydrogen-bond acceptors (Lipinski definition) is 0. The van der Waals surface area contributed by atoms with Gasteiger partial charge in [-0.2, -0.15) is 0 Å². The van der Waals surface area contributed by atoms with E-state index in [4.69, 9.17) is 0 Å². The Morgan fingerprint density at radius 3 is 1.69 bits per heavy atom. The maximum Gasteiger partial charge on any atom is 0.0788 e. The first-order valence-electron chi connectivity index (χ1n) is 4.97. The van der Waals surface area contributed by atoms with E-state index in [9.17, 15) is 0 Å². The Kier molecular flexibility index (Phi) is 2.36. The van der Waals surface area contributed by atoms with Crippen molar-refractivity contribution < 1.29 is 0 Å². The van der Waals surface area contributed by atoms with Gasteiger partial charge in [0.05, 0.1) is 9.52 Å². The predicted molar refractivity (Wildman–Crippen MR) is 61.5 cm³/mol. The Labute approximate surface area is 82.6 Å². The van der Waals surface area contributed by atoms with Crippen molar-refractivity contribution in [3.05, 3.63) is 45.8 Å². The van der Waals surface area contributed by atoms with Crippen LogP contribution in [0.4, 0.5) is 0 Å². The van der Waals surface area contributed by atoms with Crippen molar-refractivity contribution >= 4 is 9.52 Å². The molecule has 0 saturated heterocycles. The van der Waals surface area contributed by atoms with Crippen molar-refractivity contribution in [2.45, 2.75) is 26.7 Å². The minimum atomic E-state index is -0.0965. The van der Waals surface area contributed by atoms with Crippen LogP contribution >= 0.6 is 0 Å². The molecular formula is C12H16Si. The summed E-state index contributed by atoms with van der Waals surface area (Å²) in [5.41, 5.74) is 3.08. The van der Waals surface area contributed by atoms with E-state index in [0.717, 1.165) is 0 Å². The summed E-state index contributed by atoms with van der Waals surface area (Å²) in [6.07, 6.45) is 11.6. The summed E-state index contributed by atoms with van der Waals surface area (Å²) in [7, 11) is -0.0965. The van der Waals surface area contributed by atoms with Gasteiger partial charge in [-0.1, -0.05) is 45.8 Å². The van der Waals surface area contributed by atoms with E-state index in [1.165, 1.54) is 12.8 Å². The number of rotatable bonds is 2. The van der Waals surface area contributed by atoms with Gasteiger partial charge in [0, 0.05) is 0 Å². The highest BCUT2D eigenvalue weighted by atomic mass is 28.2. The minimum absolute atomic E-state index is 0.0965. The van der Waals surface area contributed by atoms with Gasteiger partial charge in [0.1, 0.15) is 0 Å². The highest BCUT2D eigenvalue weighted by Crippen LogP contribution is 2.24. The molecule has 68 valence electrons. The van der Waals surface area contributed by atoms with Crippen LogP contribution in [0, 0.1) is 0 Å². The molecule has 0 aromatic carbocycles. The lowest BCUT2D eigenvalue weighted by atomic mass is 10.3. The molecule has 2 rings (SSSR count). The molecule has 0 aromatic rings. The van der Waals surface area contributed by atoms with Crippen LogP contribution in [-0.2, 0) is 0 Å². The fourth-order valence-electron chi connectivity index (χ4n) is 1.99. The molecule has 13 heavy (non-hydrogen) atoms. The molecule has 0 bridgehead atoms. The molecule has 0 atom stereocenters. The van der Waals surface area contributed by atoms with Crippen molar-refractivity contribution in [2.75, 3.05) is 0 Å². The average Bonchev–Trinajstić information content (AvgIpc) is 2.65. The Morgan fingerprint density at radius 2 is 1.38 bits per heavy atom. The zero-order valence-corrected chi connectivity index (χ0v) is 9.84. The topological polar surface area (TPSA) is 0 Å². The van der Waals surface area contributed by atoms with E-state index in [1.54, 1.807) is 21.5 Å². The second kappa shape index (κ2) is 3.50. The molecule has 2 aliphatic rings. The van der Waals surface area contributed by atoms with Crippen LogP contribution in [0.5, 0.6) is 0 Å². The highest BCUT2D eigenvalue weighted by Gasteiger charge is 2.11. The summed E-state index contributed by atoms with van der Waals surface area (Å²) >= 11 is 0. The molecule has 0 N–H and O–H groups in total. The third kappa shape index (κ3) is 1.75. The van der Waals surface area contributed by atoms with Crippen molar-refractivity contribution in [1.29, 1.82) is 0 Å². The third-order valence-corrected chi connectivity index (χ3v) is 5.55. The van der Waals surface area contributed by atoms with Crippen molar-refractivity contribution in [3.63, 3.8) is 0 Å². The van der Waals surface area contributed by atoms with Crippen LogP contribution < -0.4 is 0 Å². The zero-order valence-electron chi connectivity index (χ0n) is 8.43. The summed E-state index contributed by atoms with van der Waals surface area (Å²) in [5.74, 6) is 0. The second-order valence-corrected chi connectivity index (χ2v) is 6.02. The van der Waals surface area contributed by atoms with E-state index >= 15 is 0 Å². The Morgan fingerprint density at radius 1 is 0.923 bits per heavy atom. The third-order valence-electron chi connectivity index (χ3n) is 3.01. The molecule has 0 nitrogen and oxygen atoms in total. The van der Waals surface area contributed by atoms with Crippen LogP contribution in [-0.4, -0.2) is 9.52 Å². The Hall–Kier alpha value is -0.823. The molecule has 1 heteroatoms. The molecule has 0 unspecified atom stereocenters. The van der Waals surface area contributed by atoms with Crippen LogP contribution in [0.25, 0.3) is 0 Å². The first-order valence-corrected chi connectivity index (χ1v) is 6.39. The molecule has 2 aliphatic carbocycles. The van der Waals surface area contributed by atoms with Gasteiger partial charge in [-0.25, -0.2) is 0 Å². The molecule has 0 amide bonds. The van der Waals surface area contributed by atoms with Gasteiger partial charge >= 0.3 is 0 Å². The van der Waals surface area contributed by atoms with Crippen molar-refractivity contribution in [1.82, 2.24) is 0 Å². The van der Waals surface area contributed by atoms with Gasteiger partial charge in [0.25, 0.3) is 0 Å². The molecule has 0 radical (unpaired) electrons. The smallest absolute Gasteiger partial charge is 0.0788 e. The van der Waals surface area contributed by atoms with Gasteiger partial charge < -0.3 is 0 Å². The summed E-state index contributed by atoms with van der Waals surface area (Å²) < 4.78 is 0. The van der Waals surface area contributed by atoms with Crippen LogP contribution in [0.3, 0.4) is 0 Å². The molecule has 0 saturated carbocycles. The monoisotopic (exact) mass is 188 g/mol. The first-order chi connectivity index (χ1) is 6.27. The molecule has 0 fully saturated rings. The zero-order chi connectivity index (χ0) is 9.26. The molecular weight excluding hydrogens is 172 g/mol. The lowest BCUT2D eigenvalue weighted by Gasteiger charge is -2.05. The van der Waals surface area contributed by atoms with Gasteiger partial charge in [0.2, 0.25) is 0 Å². The van der Waals surface area contributed by atoms with E-state index in [1.807, 2.05) is 0 Å². The molecule has 0 aromatic heterocycles. The van der Waals surface area contributed by atoms with Gasteiger partial charge in [0.15, 0.2) is 0 Å². The van der Waals surface area contributed by atoms with Crippen LogP contribution in [0.1, 0.15) is 26.7 Å². The lowest BCUT2D eigenvalue weighted by Crippen LogP contribution is -2.00. The van der Waals surface area contributed by atoms with E-state index in [0.29, 0.717) is 0 Å². The van der Waals surface area contributed by atoms with Crippen LogP contribution in [0.15, 0.2) is 45.8 Å². The van der Waals surface area contributed by atoms with E-state index in [2.05, 4.69) is 38.2 Å². The molecule has 0 heterocycles. The van der Waals surface area contributed by atoms with Gasteiger partial charge in [-0.3, -0.25) is 0 Å². The van der Waals surface area contributed by atoms with Gasteiger partial charge in [-0.05, 0) is 26.7 Å².